The minimum Gasteiger partial charge on any atom is -0.379 e. The van der Waals surface area contributed by atoms with Crippen molar-refractivity contribution >= 4 is 11.8 Å². The van der Waals surface area contributed by atoms with E-state index in [1.54, 1.807) is 36.4 Å². The van der Waals surface area contributed by atoms with Gasteiger partial charge in [-0.05, 0) is 12.1 Å². The predicted molar refractivity (Wildman–Crippen MR) is 69.4 cm³/mol. The molecule has 0 bridgehead atoms. The van der Waals surface area contributed by atoms with Crippen LogP contribution in [0.15, 0.2) is 42.1 Å². The quantitative estimate of drug-likeness (QED) is 0.356. The van der Waals surface area contributed by atoms with Crippen molar-refractivity contribution in [1.82, 2.24) is 10.6 Å². The summed E-state index contributed by atoms with van der Waals surface area (Å²) in [5.74, 6) is 0.946. The molecular formula is C14H11N3O2. The van der Waals surface area contributed by atoms with E-state index in [0.717, 1.165) is 0 Å². The van der Waals surface area contributed by atoms with Gasteiger partial charge >= 0.3 is 0 Å². The van der Waals surface area contributed by atoms with Crippen molar-refractivity contribution in [3.8, 4) is 18.4 Å². The Bertz CT molecular complexity index is 577. The van der Waals surface area contributed by atoms with Crippen LogP contribution in [-0.4, -0.2) is 18.4 Å². The van der Waals surface area contributed by atoms with Crippen LogP contribution in [0.25, 0.3) is 0 Å². The van der Waals surface area contributed by atoms with Gasteiger partial charge in [0.2, 0.25) is 0 Å². The Labute approximate surface area is 110 Å². The molecule has 94 valence electrons. The number of nitrogens with zero attached hydrogens (tertiary/aromatic N) is 1. The first-order chi connectivity index (χ1) is 9.19. The molecule has 0 atom stereocenters. The molecule has 2 amide bonds. The van der Waals surface area contributed by atoms with Crippen LogP contribution < -0.4 is 10.6 Å². The van der Waals surface area contributed by atoms with Gasteiger partial charge in [0.1, 0.15) is 11.6 Å². The second kappa shape index (κ2) is 7.31. The van der Waals surface area contributed by atoms with E-state index < -0.39 is 11.8 Å². The van der Waals surface area contributed by atoms with E-state index in [0.29, 0.717) is 5.56 Å². The molecule has 1 aromatic rings. The van der Waals surface area contributed by atoms with Crippen molar-refractivity contribution in [2.45, 2.75) is 0 Å². The van der Waals surface area contributed by atoms with Crippen molar-refractivity contribution < 1.29 is 9.59 Å². The second-order valence-corrected chi connectivity index (χ2v) is 3.40. The van der Waals surface area contributed by atoms with Crippen molar-refractivity contribution in [3.05, 3.63) is 47.7 Å². The monoisotopic (exact) mass is 253 g/mol. The molecule has 0 saturated carbocycles. The maximum absolute atomic E-state index is 11.7. The Hall–Kier alpha value is -3.05. The molecule has 0 saturated heterocycles. The highest BCUT2D eigenvalue weighted by Crippen LogP contribution is 1.99. The fourth-order valence-electron chi connectivity index (χ4n) is 1.19. The van der Waals surface area contributed by atoms with Gasteiger partial charge in [0.25, 0.3) is 11.8 Å². The zero-order chi connectivity index (χ0) is 14.1. The van der Waals surface area contributed by atoms with Gasteiger partial charge in [-0.3, -0.25) is 14.9 Å². The van der Waals surface area contributed by atoms with Crippen LogP contribution in [-0.2, 0) is 4.79 Å². The van der Waals surface area contributed by atoms with Gasteiger partial charge in [0.05, 0.1) is 6.54 Å². The second-order valence-electron chi connectivity index (χ2n) is 3.40. The molecule has 5 nitrogen and oxygen atoms in total. The summed E-state index contributed by atoms with van der Waals surface area (Å²) in [5.41, 5.74) is 0.115. The summed E-state index contributed by atoms with van der Waals surface area (Å²) in [5, 5.41) is 13.5. The SMILES string of the molecule is C#CCNC=C(C#N)C(=O)NC(=O)c1ccccc1. The number of benzene rings is 1. The maximum Gasteiger partial charge on any atom is 0.270 e. The molecule has 0 aliphatic carbocycles. The zero-order valence-corrected chi connectivity index (χ0v) is 10.0. The standard InChI is InChI=1S/C14H11N3O2/c1-2-8-16-10-12(9-15)14(19)17-13(18)11-6-4-3-5-7-11/h1,3-7,10,16H,8H2,(H,17,18,19). The molecular weight excluding hydrogens is 242 g/mol. The lowest BCUT2D eigenvalue weighted by molar-refractivity contribution is -0.116. The molecule has 0 unspecified atom stereocenters. The Morgan fingerprint density at radius 2 is 2.00 bits per heavy atom. The van der Waals surface area contributed by atoms with Crippen LogP contribution in [0.2, 0.25) is 0 Å². The minimum atomic E-state index is -0.777. The molecule has 19 heavy (non-hydrogen) atoms. The molecule has 5 heteroatoms. The number of nitrogens with one attached hydrogen (secondary N) is 2. The molecule has 0 aromatic heterocycles. The topological polar surface area (TPSA) is 82.0 Å². The highest BCUT2D eigenvalue weighted by molar-refractivity contribution is 6.11. The van der Waals surface area contributed by atoms with Crippen LogP contribution in [0.5, 0.6) is 0 Å². The van der Waals surface area contributed by atoms with Gasteiger partial charge in [-0.25, -0.2) is 0 Å². The Morgan fingerprint density at radius 3 is 2.58 bits per heavy atom. The number of terminal acetylenes is 1. The van der Waals surface area contributed by atoms with Gasteiger partial charge < -0.3 is 5.32 Å². The third kappa shape index (κ3) is 4.37. The van der Waals surface area contributed by atoms with Crippen LogP contribution in [0.3, 0.4) is 0 Å². The highest BCUT2D eigenvalue weighted by atomic mass is 16.2. The lowest BCUT2D eigenvalue weighted by Crippen LogP contribution is -2.31. The number of imide groups is 1. The van der Waals surface area contributed by atoms with E-state index in [9.17, 15) is 9.59 Å². The van der Waals surface area contributed by atoms with E-state index in [1.165, 1.54) is 6.20 Å². The molecule has 0 radical (unpaired) electrons. The third-order valence-electron chi connectivity index (χ3n) is 2.08. The van der Waals surface area contributed by atoms with Crippen LogP contribution in [0.1, 0.15) is 10.4 Å². The number of amides is 2. The minimum absolute atomic E-state index is 0.186. The molecule has 0 fully saturated rings. The summed E-state index contributed by atoms with van der Waals surface area (Å²) in [7, 11) is 0. The van der Waals surface area contributed by atoms with Crippen molar-refractivity contribution in [3.63, 3.8) is 0 Å². The Balaban J connectivity index is 2.69. The zero-order valence-electron chi connectivity index (χ0n) is 10.0. The van der Waals surface area contributed by atoms with E-state index in [2.05, 4.69) is 16.6 Å². The molecule has 0 heterocycles. The summed E-state index contributed by atoms with van der Waals surface area (Å²) in [4.78, 5) is 23.3. The van der Waals surface area contributed by atoms with Gasteiger partial charge in [-0.15, -0.1) is 6.42 Å². The lowest BCUT2D eigenvalue weighted by Gasteiger charge is -2.03. The van der Waals surface area contributed by atoms with Crippen LogP contribution >= 0.6 is 0 Å². The van der Waals surface area contributed by atoms with E-state index >= 15 is 0 Å². The van der Waals surface area contributed by atoms with Crippen molar-refractivity contribution in [2.24, 2.45) is 0 Å². The van der Waals surface area contributed by atoms with Gasteiger partial charge in [0.15, 0.2) is 0 Å². The van der Waals surface area contributed by atoms with Crippen molar-refractivity contribution in [1.29, 1.82) is 5.26 Å². The number of carbonyl (C=O) groups excluding carboxylic acids is 2. The molecule has 1 aromatic carbocycles. The molecule has 1 rings (SSSR count). The average molecular weight is 253 g/mol. The third-order valence-corrected chi connectivity index (χ3v) is 2.08. The first-order valence-electron chi connectivity index (χ1n) is 5.37. The normalized spacial score (nSPS) is 9.89. The van der Waals surface area contributed by atoms with E-state index in [1.807, 2.05) is 0 Å². The van der Waals surface area contributed by atoms with Gasteiger partial charge in [-0.1, -0.05) is 24.1 Å². The number of hydrogen-bond acceptors (Lipinski definition) is 4. The maximum atomic E-state index is 11.7. The smallest absolute Gasteiger partial charge is 0.270 e. The summed E-state index contributed by atoms with van der Waals surface area (Å²) in [6.45, 7) is 0.186. The fourth-order valence-corrected chi connectivity index (χ4v) is 1.19. The van der Waals surface area contributed by atoms with E-state index in [4.69, 9.17) is 11.7 Å². The Kier molecular flexibility index (Phi) is 5.39. The number of carbonyl (C=O) groups is 2. The predicted octanol–water partition coefficient (Wildman–Crippen LogP) is 0.573. The number of rotatable bonds is 4. The molecule has 2 N–H and O–H groups in total. The average Bonchev–Trinajstić information content (AvgIpc) is 2.44. The first kappa shape index (κ1) is 14.0. The highest BCUT2D eigenvalue weighted by Gasteiger charge is 2.13. The molecule has 0 aliphatic rings. The van der Waals surface area contributed by atoms with Crippen molar-refractivity contribution in [2.75, 3.05) is 6.54 Å². The summed E-state index contributed by atoms with van der Waals surface area (Å²) in [6, 6.07) is 9.92. The largest absolute Gasteiger partial charge is 0.379 e. The van der Waals surface area contributed by atoms with Gasteiger partial charge in [0, 0.05) is 11.8 Å². The van der Waals surface area contributed by atoms with Gasteiger partial charge in [-0.2, -0.15) is 5.26 Å². The van der Waals surface area contributed by atoms with Crippen LogP contribution in [0, 0.1) is 23.7 Å². The summed E-state index contributed by atoms with van der Waals surface area (Å²) >= 11 is 0. The van der Waals surface area contributed by atoms with Crippen LogP contribution in [0.4, 0.5) is 0 Å². The first-order valence-corrected chi connectivity index (χ1v) is 5.37. The molecule has 0 spiro atoms. The number of nitriles is 1. The molecule has 0 aliphatic heterocycles. The summed E-state index contributed by atoms with van der Waals surface area (Å²) < 4.78 is 0. The fraction of sp³-hybridized carbons (Fsp3) is 0.0714. The van der Waals surface area contributed by atoms with E-state index in [-0.39, 0.29) is 12.1 Å². The summed E-state index contributed by atoms with van der Waals surface area (Å²) in [6.07, 6.45) is 6.18. The Morgan fingerprint density at radius 1 is 1.32 bits per heavy atom. The number of hydrogen-bond donors (Lipinski definition) is 2. The lowest BCUT2D eigenvalue weighted by atomic mass is 10.2.